The van der Waals surface area contributed by atoms with Gasteiger partial charge < -0.3 is 15.4 Å². The van der Waals surface area contributed by atoms with Crippen LogP contribution >= 0.6 is 15.9 Å². The van der Waals surface area contributed by atoms with Crippen molar-refractivity contribution < 1.29 is 14.8 Å². The van der Waals surface area contributed by atoms with Crippen LogP contribution in [0.15, 0.2) is 22.7 Å². The average Bonchev–Trinajstić information content (AvgIpc) is 3.22. The molecule has 2 rings (SSSR count). The number of nitrogens with two attached hydrogens (primary N) is 1. The molecule has 0 aliphatic heterocycles. The first-order chi connectivity index (χ1) is 9.51. The molecule has 0 spiro atoms. The van der Waals surface area contributed by atoms with Gasteiger partial charge in [0.15, 0.2) is 6.04 Å². The van der Waals surface area contributed by atoms with E-state index < -0.39 is 0 Å². The van der Waals surface area contributed by atoms with Crippen LogP contribution in [0.5, 0.6) is 5.75 Å². The molecule has 2 atom stereocenters. The van der Waals surface area contributed by atoms with Crippen molar-refractivity contribution in [1.82, 2.24) is 5.32 Å². The third-order valence-electron chi connectivity index (χ3n) is 3.62. The number of nitrogens with one attached hydrogen (secondary N) is 1. The largest absolute Gasteiger partial charge is 0.496 e. The number of rotatable bonds is 6. The van der Waals surface area contributed by atoms with Gasteiger partial charge in [0, 0.05) is 11.6 Å². The average molecular weight is 342 g/mol. The lowest BCUT2D eigenvalue weighted by Crippen LogP contribution is -2.92. The number of halogens is 1. The summed E-state index contributed by atoms with van der Waals surface area (Å²) in [6, 6.07) is 6.59. The van der Waals surface area contributed by atoms with E-state index in [4.69, 9.17) is 4.74 Å². The molecule has 110 valence electrons. The summed E-state index contributed by atoms with van der Waals surface area (Å²) in [7, 11) is 1.65. The Morgan fingerprint density at radius 2 is 2.15 bits per heavy atom. The fourth-order valence-electron chi connectivity index (χ4n) is 2.16. The minimum Gasteiger partial charge on any atom is -0.496 e. The van der Waals surface area contributed by atoms with E-state index >= 15 is 0 Å². The predicted octanol–water partition coefficient (Wildman–Crippen LogP) is 1.75. The van der Waals surface area contributed by atoms with Gasteiger partial charge in [-0.3, -0.25) is 4.79 Å². The summed E-state index contributed by atoms with van der Waals surface area (Å²) < 4.78 is 6.17. The topological polar surface area (TPSA) is 54.9 Å². The summed E-state index contributed by atoms with van der Waals surface area (Å²) in [6.45, 7) is 4.06. The van der Waals surface area contributed by atoms with Gasteiger partial charge in [-0.15, -0.1) is 0 Å². The number of carbonyl (C=O) groups excluding carboxylic acids is 1. The number of methoxy groups -OCH3 is 1. The highest BCUT2D eigenvalue weighted by Gasteiger charge is 2.28. The summed E-state index contributed by atoms with van der Waals surface area (Å²) in [4.78, 5) is 12.0. The highest BCUT2D eigenvalue weighted by atomic mass is 79.9. The zero-order chi connectivity index (χ0) is 14.7. The van der Waals surface area contributed by atoms with Crippen LogP contribution in [0.25, 0.3) is 0 Å². The van der Waals surface area contributed by atoms with Crippen molar-refractivity contribution in [3.05, 3.63) is 28.2 Å². The van der Waals surface area contributed by atoms with Crippen LogP contribution in [0.2, 0.25) is 0 Å². The number of hydrogen-bond donors (Lipinski definition) is 2. The summed E-state index contributed by atoms with van der Waals surface area (Å²) >= 11 is 3.49. The van der Waals surface area contributed by atoms with E-state index in [0.29, 0.717) is 6.04 Å². The highest BCUT2D eigenvalue weighted by molar-refractivity contribution is 9.10. The Morgan fingerprint density at radius 1 is 1.45 bits per heavy atom. The van der Waals surface area contributed by atoms with Crippen molar-refractivity contribution in [1.29, 1.82) is 0 Å². The van der Waals surface area contributed by atoms with Gasteiger partial charge in [0.25, 0.3) is 5.91 Å². The van der Waals surface area contributed by atoms with Crippen LogP contribution in [0.4, 0.5) is 0 Å². The molecule has 1 aliphatic carbocycles. The number of amides is 1. The number of hydrogen-bond acceptors (Lipinski definition) is 2. The van der Waals surface area contributed by atoms with Crippen molar-refractivity contribution in [2.24, 2.45) is 0 Å². The molecule has 0 saturated heterocycles. The van der Waals surface area contributed by atoms with Crippen LogP contribution in [0.3, 0.4) is 0 Å². The summed E-state index contributed by atoms with van der Waals surface area (Å²) in [5, 5.41) is 5.13. The summed E-state index contributed by atoms with van der Waals surface area (Å²) in [5.41, 5.74) is 1.17. The Balaban J connectivity index is 1.94. The van der Waals surface area contributed by atoms with Crippen LogP contribution in [0, 0.1) is 0 Å². The minimum atomic E-state index is -0.0773. The number of quaternary nitrogens is 1. The Labute approximate surface area is 128 Å². The second-order valence-electron chi connectivity index (χ2n) is 5.45. The van der Waals surface area contributed by atoms with Gasteiger partial charge in [-0.2, -0.15) is 0 Å². The Morgan fingerprint density at radius 3 is 2.70 bits per heavy atom. The standard InChI is InChI=1S/C15H21BrN2O2/c1-9(11-4-7-14(20-3)13(16)8-11)17-10(2)15(19)18-12-5-6-12/h4,7-10,12,17H,5-6H2,1-3H3,(H,18,19)/p+1/t9-,10-/m0/s1. The molecule has 0 bridgehead atoms. The van der Waals surface area contributed by atoms with Crippen molar-refractivity contribution in [2.45, 2.75) is 44.8 Å². The lowest BCUT2D eigenvalue weighted by Gasteiger charge is -2.17. The lowest BCUT2D eigenvalue weighted by atomic mass is 10.1. The number of carbonyl (C=O) groups is 1. The van der Waals surface area contributed by atoms with Gasteiger partial charge >= 0.3 is 0 Å². The van der Waals surface area contributed by atoms with Gasteiger partial charge in [-0.25, -0.2) is 0 Å². The van der Waals surface area contributed by atoms with E-state index in [9.17, 15) is 4.79 Å². The first-order valence-corrected chi connectivity index (χ1v) is 7.79. The minimum absolute atomic E-state index is 0.0773. The molecule has 3 N–H and O–H groups in total. The zero-order valence-corrected chi connectivity index (χ0v) is 13.7. The van der Waals surface area contributed by atoms with E-state index in [2.05, 4.69) is 33.5 Å². The Hall–Kier alpha value is -1.07. The molecular weight excluding hydrogens is 320 g/mol. The van der Waals surface area contributed by atoms with Gasteiger partial charge in [0.1, 0.15) is 11.8 Å². The maximum Gasteiger partial charge on any atom is 0.278 e. The Bertz CT molecular complexity index is 489. The van der Waals surface area contributed by atoms with E-state index in [1.807, 2.05) is 25.1 Å². The molecule has 20 heavy (non-hydrogen) atoms. The van der Waals surface area contributed by atoms with Gasteiger partial charge in [-0.05, 0) is 60.8 Å². The molecule has 0 heterocycles. The second-order valence-corrected chi connectivity index (χ2v) is 6.30. The van der Waals surface area contributed by atoms with Crippen LogP contribution in [-0.4, -0.2) is 25.1 Å². The lowest BCUT2D eigenvalue weighted by molar-refractivity contribution is -0.710. The first-order valence-electron chi connectivity index (χ1n) is 7.00. The van der Waals surface area contributed by atoms with Gasteiger partial charge in [-0.1, -0.05) is 0 Å². The van der Waals surface area contributed by atoms with Crippen LogP contribution < -0.4 is 15.4 Å². The molecule has 0 unspecified atom stereocenters. The third-order valence-corrected chi connectivity index (χ3v) is 4.24. The molecule has 0 aromatic heterocycles. The molecule has 1 aromatic carbocycles. The zero-order valence-electron chi connectivity index (χ0n) is 12.2. The molecular formula is C15H22BrN2O2+. The monoisotopic (exact) mass is 341 g/mol. The molecule has 4 nitrogen and oxygen atoms in total. The van der Waals surface area contributed by atoms with Crippen LogP contribution in [0.1, 0.15) is 38.3 Å². The molecule has 1 fully saturated rings. The fourth-order valence-corrected chi connectivity index (χ4v) is 2.72. The molecule has 0 radical (unpaired) electrons. The number of benzene rings is 1. The van der Waals surface area contributed by atoms with E-state index in [1.54, 1.807) is 7.11 Å². The molecule has 1 saturated carbocycles. The molecule has 5 heteroatoms. The van der Waals surface area contributed by atoms with E-state index in [0.717, 1.165) is 23.1 Å². The summed E-state index contributed by atoms with van der Waals surface area (Å²) in [6.07, 6.45) is 2.25. The SMILES string of the molecule is COc1ccc([C@H](C)[NH2+][C@@H](C)C(=O)NC2CC2)cc1Br. The fraction of sp³-hybridized carbons (Fsp3) is 0.533. The van der Waals surface area contributed by atoms with Crippen molar-refractivity contribution in [2.75, 3.05) is 7.11 Å². The van der Waals surface area contributed by atoms with Crippen molar-refractivity contribution >= 4 is 21.8 Å². The molecule has 1 aromatic rings. The maximum absolute atomic E-state index is 12.0. The molecule has 1 aliphatic rings. The predicted molar refractivity (Wildman–Crippen MR) is 81.7 cm³/mol. The highest BCUT2D eigenvalue weighted by Crippen LogP contribution is 2.27. The van der Waals surface area contributed by atoms with Gasteiger partial charge in [0.2, 0.25) is 0 Å². The normalized spacial score (nSPS) is 17.4. The first kappa shape index (κ1) is 15.3. The quantitative estimate of drug-likeness (QED) is 0.828. The smallest absolute Gasteiger partial charge is 0.278 e. The maximum atomic E-state index is 12.0. The molecule has 1 amide bonds. The summed E-state index contributed by atoms with van der Waals surface area (Å²) in [5.74, 6) is 0.951. The number of ether oxygens (including phenoxy) is 1. The van der Waals surface area contributed by atoms with E-state index in [-0.39, 0.29) is 18.0 Å². The van der Waals surface area contributed by atoms with Crippen molar-refractivity contribution in [3.8, 4) is 5.75 Å². The van der Waals surface area contributed by atoms with Gasteiger partial charge in [0.05, 0.1) is 11.6 Å². The van der Waals surface area contributed by atoms with Crippen molar-refractivity contribution in [3.63, 3.8) is 0 Å². The second kappa shape index (κ2) is 6.59. The third kappa shape index (κ3) is 3.96. The van der Waals surface area contributed by atoms with E-state index in [1.165, 1.54) is 5.56 Å². The van der Waals surface area contributed by atoms with Crippen LogP contribution in [-0.2, 0) is 4.79 Å². The Kier molecular flexibility index (Phi) is 5.05.